The number of halogens is 1. The van der Waals surface area contributed by atoms with Gasteiger partial charge in [0, 0.05) is 10.6 Å². The Kier molecular flexibility index (Phi) is 3.72. The summed E-state index contributed by atoms with van der Waals surface area (Å²) in [4.78, 5) is 14.7. The summed E-state index contributed by atoms with van der Waals surface area (Å²) < 4.78 is 16.6. The molecule has 124 valence electrons. The highest BCUT2D eigenvalue weighted by molar-refractivity contribution is 6.31. The van der Waals surface area contributed by atoms with Crippen LogP contribution in [0.3, 0.4) is 0 Å². The Morgan fingerprint density at radius 1 is 1.17 bits per heavy atom. The number of anilines is 1. The van der Waals surface area contributed by atoms with Gasteiger partial charge in [-0.05, 0) is 35.9 Å². The van der Waals surface area contributed by atoms with Gasteiger partial charge in [0.1, 0.15) is 5.75 Å². The average molecular weight is 346 g/mol. The summed E-state index contributed by atoms with van der Waals surface area (Å²) in [7, 11) is 1.62. The van der Waals surface area contributed by atoms with Gasteiger partial charge < -0.3 is 19.1 Å². The van der Waals surface area contributed by atoms with Crippen molar-refractivity contribution in [2.75, 3.05) is 25.2 Å². The van der Waals surface area contributed by atoms with E-state index in [2.05, 4.69) is 0 Å². The van der Waals surface area contributed by atoms with Crippen molar-refractivity contribution in [3.63, 3.8) is 0 Å². The summed E-state index contributed by atoms with van der Waals surface area (Å²) in [5.41, 5.74) is 2.42. The lowest BCUT2D eigenvalue weighted by molar-refractivity contribution is -0.180. The minimum absolute atomic E-state index is 0.215. The summed E-state index contributed by atoms with van der Waals surface area (Å²) >= 11 is 6.12. The lowest BCUT2D eigenvalue weighted by Crippen LogP contribution is -2.40. The standard InChI is InChI=1S/C18H16ClNO4/c1-22-14-5-2-12(3-6-14)11-20-16-7-4-13(19)10-15(16)18(17(20)21)23-8-9-24-18/h2-7,10H,8-9,11H2,1H3. The number of hydrogen-bond donors (Lipinski definition) is 0. The van der Waals surface area contributed by atoms with Crippen LogP contribution in [0.2, 0.25) is 5.02 Å². The Balaban J connectivity index is 1.72. The van der Waals surface area contributed by atoms with Gasteiger partial charge in [0.15, 0.2) is 0 Å². The van der Waals surface area contributed by atoms with E-state index < -0.39 is 5.79 Å². The highest BCUT2D eigenvalue weighted by Crippen LogP contribution is 2.47. The van der Waals surface area contributed by atoms with E-state index in [-0.39, 0.29) is 5.91 Å². The fourth-order valence-corrected chi connectivity index (χ4v) is 3.34. The molecule has 2 heterocycles. The van der Waals surface area contributed by atoms with E-state index in [0.29, 0.717) is 30.3 Å². The van der Waals surface area contributed by atoms with Crippen molar-refractivity contribution in [3.8, 4) is 5.75 Å². The highest BCUT2D eigenvalue weighted by Gasteiger charge is 2.56. The molecule has 0 saturated carbocycles. The Morgan fingerprint density at radius 2 is 1.88 bits per heavy atom. The normalized spacial score (nSPS) is 18.2. The van der Waals surface area contributed by atoms with Crippen molar-refractivity contribution in [2.24, 2.45) is 0 Å². The molecule has 0 N–H and O–H groups in total. The molecule has 2 aromatic rings. The van der Waals surface area contributed by atoms with E-state index in [1.54, 1.807) is 24.1 Å². The lowest BCUT2D eigenvalue weighted by atomic mass is 10.1. The van der Waals surface area contributed by atoms with E-state index in [1.165, 1.54) is 0 Å². The minimum Gasteiger partial charge on any atom is -0.497 e. The van der Waals surface area contributed by atoms with Crippen LogP contribution in [-0.2, 0) is 26.6 Å². The second kappa shape index (κ2) is 5.77. The fraction of sp³-hybridized carbons (Fsp3) is 0.278. The Hall–Kier alpha value is -2.08. The molecule has 0 atom stereocenters. The molecule has 2 aromatic carbocycles. The topological polar surface area (TPSA) is 48.0 Å². The van der Waals surface area contributed by atoms with Gasteiger partial charge in [-0.1, -0.05) is 23.7 Å². The van der Waals surface area contributed by atoms with Gasteiger partial charge in [0.2, 0.25) is 0 Å². The summed E-state index contributed by atoms with van der Waals surface area (Å²) in [6.45, 7) is 1.19. The van der Waals surface area contributed by atoms with Crippen molar-refractivity contribution >= 4 is 23.2 Å². The molecule has 1 amide bonds. The van der Waals surface area contributed by atoms with Gasteiger partial charge in [-0.2, -0.15) is 0 Å². The number of nitrogens with zero attached hydrogens (tertiary/aromatic N) is 1. The molecule has 5 nitrogen and oxygen atoms in total. The molecule has 2 aliphatic heterocycles. The van der Waals surface area contributed by atoms with Gasteiger partial charge in [0.25, 0.3) is 11.7 Å². The largest absolute Gasteiger partial charge is 0.497 e. The van der Waals surface area contributed by atoms with E-state index in [9.17, 15) is 4.79 Å². The minimum atomic E-state index is -1.35. The third-order valence-corrected chi connectivity index (χ3v) is 4.56. The molecule has 0 unspecified atom stereocenters. The molecule has 24 heavy (non-hydrogen) atoms. The number of rotatable bonds is 3. The number of fused-ring (bicyclic) bond motifs is 2. The van der Waals surface area contributed by atoms with E-state index in [0.717, 1.165) is 17.0 Å². The summed E-state index contributed by atoms with van der Waals surface area (Å²) in [6.07, 6.45) is 0. The van der Waals surface area contributed by atoms with Crippen molar-refractivity contribution in [1.82, 2.24) is 0 Å². The molecule has 1 fully saturated rings. The smallest absolute Gasteiger partial charge is 0.292 e. The van der Waals surface area contributed by atoms with Crippen molar-refractivity contribution in [1.29, 1.82) is 0 Å². The Morgan fingerprint density at radius 3 is 2.54 bits per heavy atom. The van der Waals surface area contributed by atoms with Crippen molar-refractivity contribution in [3.05, 3.63) is 58.6 Å². The average Bonchev–Trinajstić information content (AvgIpc) is 3.17. The van der Waals surface area contributed by atoms with Crippen LogP contribution in [0, 0.1) is 0 Å². The van der Waals surface area contributed by atoms with Gasteiger partial charge in [-0.3, -0.25) is 4.79 Å². The Bertz CT molecular complexity index is 784. The summed E-state index contributed by atoms with van der Waals surface area (Å²) in [6, 6.07) is 13.0. The number of ether oxygens (including phenoxy) is 3. The highest BCUT2D eigenvalue weighted by atomic mass is 35.5. The molecular weight excluding hydrogens is 330 g/mol. The third kappa shape index (κ3) is 2.28. The van der Waals surface area contributed by atoms with Crippen LogP contribution in [0.1, 0.15) is 11.1 Å². The maximum absolute atomic E-state index is 13.0. The zero-order valence-electron chi connectivity index (χ0n) is 13.1. The third-order valence-electron chi connectivity index (χ3n) is 4.32. The first-order chi connectivity index (χ1) is 11.6. The summed E-state index contributed by atoms with van der Waals surface area (Å²) in [5.74, 6) is -0.794. The number of hydrogen-bond acceptors (Lipinski definition) is 4. The van der Waals surface area contributed by atoms with Crippen molar-refractivity contribution < 1.29 is 19.0 Å². The van der Waals surface area contributed by atoms with Gasteiger partial charge >= 0.3 is 0 Å². The molecule has 4 rings (SSSR count). The van der Waals surface area contributed by atoms with E-state index >= 15 is 0 Å². The quantitative estimate of drug-likeness (QED) is 0.857. The predicted molar refractivity (Wildman–Crippen MR) is 89.2 cm³/mol. The first kappa shape index (κ1) is 15.4. The molecule has 1 spiro atoms. The molecule has 6 heteroatoms. The number of carbonyl (C=O) groups excluding carboxylic acids is 1. The molecule has 0 bridgehead atoms. The first-order valence-corrected chi connectivity index (χ1v) is 8.05. The molecule has 0 aliphatic carbocycles. The van der Waals surface area contributed by atoms with E-state index in [1.807, 2.05) is 30.3 Å². The fourth-order valence-electron chi connectivity index (χ4n) is 3.17. The lowest BCUT2D eigenvalue weighted by Gasteiger charge is -2.22. The zero-order chi connectivity index (χ0) is 16.7. The van der Waals surface area contributed by atoms with Gasteiger partial charge in [0.05, 0.1) is 32.6 Å². The predicted octanol–water partition coefficient (Wildman–Crippen LogP) is 3.10. The van der Waals surface area contributed by atoms with Crippen LogP contribution in [0.4, 0.5) is 5.69 Å². The SMILES string of the molecule is COc1ccc(CN2C(=O)C3(OCCO3)c3cc(Cl)ccc32)cc1. The first-order valence-electron chi connectivity index (χ1n) is 7.67. The van der Waals surface area contributed by atoms with Crippen molar-refractivity contribution in [2.45, 2.75) is 12.3 Å². The van der Waals surface area contributed by atoms with E-state index in [4.69, 9.17) is 25.8 Å². The van der Waals surface area contributed by atoms with Gasteiger partial charge in [-0.25, -0.2) is 0 Å². The number of amides is 1. The number of benzene rings is 2. The molecule has 0 aromatic heterocycles. The number of methoxy groups -OCH3 is 1. The van der Waals surface area contributed by atoms with Crippen LogP contribution in [0.25, 0.3) is 0 Å². The van der Waals surface area contributed by atoms with Crippen LogP contribution in [0.15, 0.2) is 42.5 Å². The van der Waals surface area contributed by atoms with Crippen LogP contribution < -0.4 is 9.64 Å². The second-order valence-corrected chi connectivity index (χ2v) is 6.15. The number of carbonyl (C=O) groups is 1. The summed E-state index contributed by atoms with van der Waals surface area (Å²) in [5, 5.41) is 0.548. The Labute approximate surface area is 144 Å². The molecule has 2 aliphatic rings. The van der Waals surface area contributed by atoms with Crippen LogP contribution >= 0.6 is 11.6 Å². The van der Waals surface area contributed by atoms with Crippen LogP contribution in [-0.4, -0.2) is 26.2 Å². The second-order valence-electron chi connectivity index (χ2n) is 5.71. The maximum atomic E-state index is 13.0. The zero-order valence-corrected chi connectivity index (χ0v) is 13.9. The monoisotopic (exact) mass is 345 g/mol. The molecule has 0 radical (unpaired) electrons. The van der Waals surface area contributed by atoms with Gasteiger partial charge in [-0.15, -0.1) is 0 Å². The molecular formula is C18H16ClNO4. The molecule has 1 saturated heterocycles. The van der Waals surface area contributed by atoms with Crippen LogP contribution in [0.5, 0.6) is 5.75 Å². The maximum Gasteiger partial charge on any atom is 0.292 e.